The van der Waals surface area contributed by atoms with Crippen LogP contribution >= 0.6 is 35.4 Å². The maximum atomic E-state index is 5.86. The number of hydrogen-bond acceptors (Lipinski definition) is 2. The summed E-state index contributed by atoms with van der Waals surface area (Å²) in [7, 11) is 0. The topological polar surface area (TPSA) is 36.4 Å². The molecule has 92 valence electrons. The molecule has 0 saturated carbocycles. The van der Waals surface area contributed by atoms with Crippen LogP contribution in [0.5, 0.6) is 0 Å². The number of nitrogens with zero attached hydrogens (tertiary/aromatic N) is 1. The molecule has 0 spiro atoms. The van der Waals surface area contributed by atoms with E-state index in [9.17, 15) is 0 Å². The van der Waals surface area contributed by atoms with E-state index in [1.165, 1.54) is 0 Å². The van der Waals surface area contributed by atoms with Crippen molar-refractivity contribution in [3.8, 4) is 0 Å². The third-order valence-electron chi connectivity index (χ3n) is 1.68. The second-order valence-electron chi connectivity index (χ2n) is 3.70. The van der Waals surface area contributed by atoms with E-state index in [0.29, 0.717) is 15.2 Å². The molecule has 0 radical (unpaired) electrons. The van der Waals surface area contributed by atoms with Gasteiger partial charge >= 0.3 is 0 Å². The molecule has 0 saturated heterocycles. The van der Waals surface area contributed by atoms with Crippen molar-refractivity contribution in [2.24, 2.45) is 5.10 Å². The van der Waals surface area contributed by atoms with Crippen LogP contribution in [0.25, 0.3) is 0 Å². The van der Waals surface area contributed by atoms with Gasteiger partial charge in [0.25, 0.3) is 0 Å². The van der Waals surface area contributed by atoms with Crippen LogP contribution in [0.3, 0.4) is 0 Å². The van der Waals surface area contributed by atoms with E-state index in [1.54, 1.807) is 24.4 Å². The highest BCUT2D eigenvalue weighted by molar-refractivity contribution is 7.80. The van der Waals surface area contributed by atoms with Crippen LogP contribution in [0.2, 0.25) is 10.0 Å². The van der Waals surface area contributed by atoms with Crippen LogP contribution in [0.4, 0.5) is 0 Å². The highest BCUT2D eigenvalue weighted by Gasteiger charge is 1.97. The van der Waals surface area contributed by atoms with E-state index in [0.717, 1.165) is 5.56 Å². The number of hydrogen-bond donors (Lipinski definition) is 2. The van der Waals surface area contributed by atoms with Crippen molar-refractivity contribution in [1.82, 2.24) is 10.7 Å². The Hall–Kier alpha value is -0.840. The molecule has 1 aromatic rings. The van der Waals surface area contributed by atoms with Gasteiger partial charge in [0.1, 0.15) is 0 Å². The van der Waals surface area contributed by atoms with Crippen LogP contribution in [0.15, 0.2) is 23.3 Å². The fraction of sp³-hybridized carbons (Fsp3) is 0.273. The number of hydrazone groups is 1. The molecule has 0 heterocycles. The molecule has 17 heavy (non-hydrogen) atoms. The maximum Gasteiger partial charge on any atom is 0.187 e. The van der Waals surface area contributed by atoms with Gasteiger partial charge in [-0.1, -0.05) is 23.2 Å². The van der Waals surface area contributed by atoms with Crippen LogP contribution in [0.1, 0.15) is 19.4 Å². The molecule has 0 aliphatic carbocycles. The third kappa shape index (κ3) is 5.86. The summed E-state index contributed by atoms with van der Waals surface area (Å²) >= 11 is 16.7. The molecular weight excluding hydrogens is 277 g/mol. The first-order chi connectivity index (χ1) is 7.97. The third-order valence-corrected chi connectivity index (χ3v) is 2.33. The Kier molecular flexibility index (Phi) is 5.68. The van der Waals surface area contributed by atoms with E-state index in [-0.39, 0.29) is 6.04 Å². The zero-order chi connectivity index (χ0) is 12.8. The standard InChI is InChI=1S/C11H13Cl2N3S/c1-7(2)15-11(17)16-14-6-8-3-9(12)5-10(13)4-8/h3-7H,1-2H3,(H2,15,16,17)/b14-6+. The molecule has 2 N–H and O–H groups in total. The van der Waals surface area contributed by atoms with Crippen LogP contribution in [0, 0.1) is 0 Å². The largest absolute Gasteiger partial charge is 0.359 e. The fourth-order valence-electron chi connectivity index (χ4n) is 1.11. The molecule has 0 bridgehead atoms. The number of nitrogens with one attached hydrogen (secondary N) is 2. The van der Waals surface area contributed by atoms with Gasteiger partial charge in [-0.2, -0.15) is 5.10 Å². The maximum absolute atomic E-state index is 5.86. The summed E-state index contributed by atoms with van der Waals surface area (Å²) in [6, 6.07) is 5.46. The Morgan fingerprint density at radius 1 is 1.29 bits per heavy atom. The molecule has 0 aliphatic heterocycles. The van der Waals surface area contributed by atoms with Crippen LogP contribution in [-0.4, -0.2) is 17.4 Å². The van der Waals surface area contributed by atoms with Crippen molar-refractivity contribution in [2.45, 2.75) is 19.9 Å². The van der Waals surface area contributed by atoms with Crippen LogP contribution in [-0.2, 0) is 0 Å². The minimum Gasteiger partial charge on any atom is -0.359 e. The lowest BCUT2D eigenvalue weighted by Gasteiger charge is -2.09. The summed E-state index contributed by atoms with van der Waals surface area (Å²) in [5.41, 5.74) is 3.51. The zero-order valence-corrected chi connectivity index (χ0v) is 11.8. The first-order valence-electron chi connectivity index (χ1n) is 5.03. The number of thiocarbonyl (C=S) groups is 1. The minimum atomic E-state index is 0.269. The Bertz CT molecular complexity index is 412. The molecule has 3 nitrogen and oxygen atoms in total. The second-order valence-corrected chi connectivity index (χ2v) is 4.98. The zero-order valence-electron chi connectivity index (χ0n) is 9.50. The van der Waals surface area contributed by atoms with E-state index < -0.39 is 0 Å². The first-order valence-corrected chi connectivity index (χ1v) is 6.19. The lowest BCUT2D eigenvalue weighted by atomic mass is 10.2. The van der Waals surface area contributed by atoms with Gasteiger partial charge in [0.05, 0.1) is 6.21 Å². The summed E-state index contributed by atoms with van der Waals surface area (Å²) in [5, 5.41) is 8.61. The monoisotopic (exact) mass is 289 g/mol. The van der Waals surface area contributed by atoms with E-state index in [4.69, 9.17) is 35.4 Å². The lowest BCUT2D eigenvalue weighted by Crippen LogP contribution is -2.36. The summed E-state index contributed by atoms with van der Waals surface area (Å²) in [6.07, 6.45) is 1.60. The van der Waals surface area contributed by atoms with Gasteiger partial charge in [0.15, 0.2) is 5.11 Å². The van der Waals surface area contributed by atoms with Crippen molar-refractivity contribution < 1.29 is 0 Å². The van der Waals surface area contributed by atoms with E-state index in [1.807, 2.05) is 13.8 Å². The minimum absolute atomic E-state index is 0.269. The Labute approximate surface area is 116 Å². The highest BCUT2D eigenvalue weighted by Crippen LogP contribution is 2.17. The Morgan fingerprint density at radius 3 is 2.41 bits per heavy atom. The van der Waals surface area contributed by atoms with Crippen LogP contribution < -0.4 is 10.7 Å². The Balaban J connectivity index is 2.56. The molecule has 0 atom stereocenters. The van der Waals surface area contributed by atoms with Crippen molar-refractivity contribution in [3.05, 3.63) is 33.8 Å². The SMILES string of the molecule is CC(C)NC(=S)N/N=C/c1cc(Cl)cc(Cl)c1. The molecular formula is C11H13Cl2N3S. The lowest BCUT2D eigenvalue weighted by molar-refractivity contribution is 0.720. The van der Waals surface area contributed by atoms with Gasteiger partial charge in [-0.15, -0.1) is 0 Å². The molecule has 0 aliphatic rings. The molecule has 0 amide bonds. The second kappa shape index (κ2) is 6.79. The van der Waals surface area contributed by atoms with Gasteiger partial charge in [-0.05, 0) is 49.8 Å². The van der Waals surface area contributed by atoms with Gasteiger partial charge < -0.3 is 5.32 Å². The number of halogens is 2. The number of rotatable bonds is 3. The Morgan fingerprint density at radius 2 is 1.88 bits per heavy atom. The molecule has 0 fully saturated rings. The first kappa shape index (κ1) is 14.2. The van der Waals surface area contributed by atoms with Crippen molar-refractivity contribution in [2.75, 3.05) is 0 Å². The average Bonchev–Trinajstić information content (AvgIpc) is 2.14. The number of benzene rings is 1. The quantitative estimate of drug-likeness (QED) is 0.510. The average molecular weight is 290 g/mol. The normalized spacial score (nSPS) is 10.9. The predicted octanol–water partition coefficient (Wildman–Crippen LogP) is 3.20. The summed E-state index contributed by atoms with van der Waals surface area (Å²) in [6.45, 7) is 3.99. The summed E-state index contributed by atoms with van der Waals surface area (Å²) in [5.74, 6) is 0. The van der Waals surface area contributed by atoms with Gasteiger partial charge in [0, 0.05) is 16.1 Å². The molecule has 6 heteroatoms. The van der Waals surface area contributed by atoms with Crippen molar-refractivity contribution in [1.29, 1.82) is 0 Å². The molecule has 1 aromatic carbocycles. The highest BCUT2D eigenvalue weighted by atomic mass is 35.5. The van der Waals surface area contributed by atoms with Gasteiger partial charge in [0.2, 0.25) is 0 Å². The smallest absolute Gasteiger partial charge is 0.187 e. The van der Waals surface area contributed by atoms with E-state index >= 15 is 0 Å². The summed E-state index contributed by atoms with van der Waals surface area (Å²) in [4.78, 5) is 0. The fourth-order valence-corrected chi connectivity index (χ4v) is 1.94. The molecule has 0 unspecified atom stereocenters. The molecule has 0 aromatic heterocycles. The predicted molar refractivity (Wildman–Crippen MR) is 78.1 cm³/mol. The summed E-state index contributed by atoms with van der Waals surface area (Å²) < 4.78 is 0. The van der Waals surface area contributed by atoms with E-state index in [2.05, 4.69) is 15.8 Å². The molecule has 1 rings (SSSR count). The van der Waals surface area contributed by atoms with Crippen molar-refractivity contribution >= 4 is 46.7 Å². The van der Waals surface area contributed by atoms with Crippen molar-refractivity contribution in [3.63, 3.8) is 0 Å². The van der Waals surface area contributed by atoms with Gasteiger partial charge in [-0.25, -0.2) is 0 Å². The van der Waals surface area contributed by atoms with Gasteiger partial charge in [-0.3, -0.25) is 5.43 Å².